The average molecular weight is 325 g/mol. The van der Waals surface area contributed by atoms with Crippen LogP contribution in [0, 0.1) is 10.8 Å². The number of carbonyl (C=O) groups excluding carboxylic acids is 2. The van der Waals surface area contributed by atoms with Gasteiger partial charge in [-0.25, -0.2) is 4.79 Å². The molecule has 0 spiro atoms. The molecule has 1 aliphatic heterocycles. The minimum atomic E-state index is -1.23. The molecule has 0 N–H and O–H groups in total. The van der Waals surface area contributed by atoms with Crippen LogP contribution in [0.2, 0.25) is 0 Å². The highest BCUT2D eigenvalue weighted by molar-refractivity contribution is 5.96. The molecule has 4 rings (SSSR count). The second kappa shape index (κ2) is 4.56. The fourth-order valence-electron chi connectivity index (χ4n) is 4.04. The van der Waals surface area contributed by atoms with Crippen molar-refractivity contribution >= 4 is 22.8 Å². The molecule has 0 unspecified atom stereocenters. The van der Waals surface area contributed by atoms with Gasteiger partial charge in [0.15, 0.2) is 5.75 Å². The number of aromatic nitrogens is 1. The Morgan fingerprint density at radius 1 is 1.17 bits per heavy atom. The van der Waals surface area contributed by atoms with Crippen LogP contribution in [-0.4, -0.2) is 22.5 Å². The summed E-state index contributed by atoms with van der Waals surface area (Å²) < 4.78 is 11.3. The third-order valence-corrected chi connectivity index (χ3v) is 6.21. The third-order valence-electron chi connectivity index (χ3n) is 6.21. The van der Waals surface area contributed by atoms with Crippen molar-refractivity contribution in [2.75, 3.05) is 0 Å². The first-order valence-electron chi connectivity index (χ1n) is 8.11. The Bertz CT molecular complexity index is 869. The smallest absolute Gasteiger partial charge is 0.356 e. The first kappa shape index (κ1) is 15.1. The van der Waals surface area contributed by atoms with E-state index in [2.05, 4.69) is 4.98 Å². The number of ether oxygens (including phenoxy) is 2. The normalized spacial score (nSPS) is 30.4. The highest BCUT2D eigenvalue weighted by Gasteiger charge is 2.76. The molecule has 2 heterocycles. The van der Waals surface area contributed by atoms with Gasteiger partial charge in [0.1, 0.15) is 5.52 Å². The van der Waals surface area contributed by atoms with Crippen molar-refractivity contribution in [1.29, 1.82) is 0 Å². The number of pyridine rings is 1. The molecule has 2 fully saturated rings. The molecule has 5 nitrogen and oxygen atoms in total. The average Bonchev–Trinajstić information content (AvgIpc) is 2.85. The molecule has 1 saturated carbocycles. The number of hydrogen-bond acceptors (Lipinski definition) is 5. The Balaban J connectivity index is 1.74. The fourth-order valence-corrected chi connectivity index (χ4v) is 4.04. The van der Waals surface area contributed by atoms with E-state index in [-0.39, 0.29) is 5.97 Å². The summed E-state index contributed by atoms with van der Waals surface area (Å²) in [6.07, 6.45) is 2.77. The summed E-state index contributed by atoms with van der Waals surface area (Å²) in [5.74, 6) is -0.438. The molecule has 2 atom stereocenters. The Labute approximate surface area is 140 Å². The molecule has 2 aromatic rings. The van der Waals surface area contributed by atoms with Crippen LogP contribution in [0.5, 0.6) is 5.75 Å². The van der Waals surface area contributed by atoms with Crippen LogP contribution in [0.1, 0.15) is 33.6 Å². The van der Waals surface area contributed by atoms with Gasteiger partial charge in [-0.2, -0.15) is 0 Å². The summed E-state index contributed by atoms with van der Waals surface area (Å²) in [7, 11) is 0. The number of nitrogens with zero attached hydrogens (tertiary/aromatic N) is 1. The molecule has 1 aromatic carbocycles. The Hall–Kier alpha value is -2.43. The van der Waals surface area contributed by atoms with Gasteiger partial charge < -0.3 is 9.47 Å². The van der Waals surface area contributed by atoms with E-state index in [4.69, 9.17) is 9.47 Å². The maximum absolute atomic E-state index is 13.0. The van der Waals surface area contributed by atoms with E-state index in [0.717, 1.165) is 5.39 Å². The molecule has 5 heteroatoms. The number of fused-ring (bicyclic) bond motifs is 3. The highest BCUT2D eigenvalue weighted by Crippen LogP contribution is 2.65. The van der Waals surface area contributed by atoms with Crippen LogP contribution in [0.15, 0.2) is 36.5 Å². The standard InChI is InChI=1S/C19H19NO4/c1-17(2)18(3)9-10-19(17,24-15(18)21)16(22)23-13-8-4-6-12-7-5-11-20-14(12)13/h4-8,11H,9-10H2,1-3H3/t18-,19-/m0/s1. The number of esters is 2. The van der Waals surface area contributed by atoms with Crippen LogP contribution in [0.25, 0.3) is 10.9 Å². The Kier molecular flexibility index (Phi) is 2.87. The molecule has 1 aromatic heterocycles. The predicted octanol–water partition coefficient (Wildman–Crippen LogP) is 3.26. The van der Waals surface area contributed by atoms with Crippen molar-refractivity contribution in [2.24, 2.45) is 10.8 Å². The number of para-hydroxylation sites is 1. The molecule has 1 saturated heterocycles. The van der Waals surface area contributed by atoms with Crippen molar-refractivity contribution < 1.29 is 19.1 Å². The summed E-state index contributed by atoms with van der Waals surface area (Å²) >= 11 is 0. The summed E-state index contributed by atoms with van der Waals surface area (Å²) in [6.45, 7) is 5.69. The summed E-state index contributed by atoms with van der Waals surface area (Å²) in [5.41, 5.74) is -1.88. The van der Waals surface area contributed by atoms with Crippen molar-refractivity contribution in [3.05, 3.63) is 36.5 Å². The molecule has 24 heavy (non-hydrogen) atoms. The molecule has 1 aliphatic carbocycles. The molecule has 124 valence electrons. The lowest BCUT2D eigenvalue weighted by molar-refractivity contribution is -0.176. The quantitative estimate of drug-likeness (QED) is 0.626. The monoisotopic (exact) mass is 325 g/mol. The lowest BCUT2D eigenvalue weighted by Crippen LogP contribution is -2.50. The summed E-state index contributed by atoms with van der Waals surface area (Å²) in [4.78, 5) is 29.6. The number of carbonyl (C=O) groups is 2. The molecule has 2 aliphatic rings. The van der Waals surface area contributed by atoms with E-state index in [1.54, 1.807) is 12.3 Å². The largest absolute Gasteiger partial charge is 0.446 e. The van der Waals surface area contributed by atoms with E-state index in [9.17, 15) is 9.59 Å². The van der Waals surface area contributed by atoms with E-state index in [1.807, 2.05) is 45.0 Å². The van der Waals surface area contributed by atoms with Gasteiger partial charge in [-0.15, -0.1) is 0 Å². The van der Waals surface area contributed by atoms with Crippen molar-refractivity contribution in [1.82, 2.24) is 4.98 Å². The predicted molar refractivity (Wildman–Crippen MR) is 87.3 cm³/mol. The highest BCUT2D eigenvalue weighted by atomic mass is 16.6. The second-order valence-corrected chi connectivity index (χ2v) is 7.39. The van der Waals surface area contributed by atoms with Crippen molar-refractivity contribution in [3.8, 4) is 5.75 Å². The van der Waals surface area contributed by atoms with Crippen molar-refractivity contribution in [2.45, 2.75) is 39.2 Å². The van der Waals surface area contributed by atoms with E-state index in [0.29, 0.717) is 24.1 Å². The fraction of sp³-hybridized carbons (Fsp3) is 0.421. The summed E-state index contributed by atoms with van der Waals surface area (Å²) in [5, 5.41) is 0.888. The van der Waals surface area contributed by atoms with Crippen LogP contribution in [-0.2, 0) is 14.3 Å². The Morgan fingerprint density at radius 2 is 1.92 bits per heavy atom. The number of hydrogen-bond donors (Lipinski definition) is 0. The van der Waals surface area contributed by atoms with Gasteiger partial charge in [-0.3, -0.25) is 9.78 Å². The number of rotatable bonds is 2. The van der Waals surface area contributed by atoms with Gasteiger partial charge >= 0.3 is 11.9 Å². The zero-order valence-electron chi connectivity index (χ0n) is 14.0. The lowest BCUT2D eigenvalue weighted by atomic mass is 9.66. The minimum absolute atomic E-state index is 0.313. The first-order valence-corrected chi connectivity index (χ1v) is 8.11. The van der Waals surface area contributed by atoms with E-state index >= 15 is 0 Å². The van der Waals surface area contributed by atoms with Gasteiger partial charge in [-0.1, -0.05) is 32.0 Å². The van der Waals surface area contributed by atoms with Crippen LogP contribution in [0.3, 0.4) is 0 Å². The third kappa shape index (κ3) is 1.62. The zero-order chi connectivity index (χ0) is 17.2. The topological polar surface area (TPSA) is 65.5 Å². The summed E-state index contributed by atoms with van der Waals surface area (Å²) in [6, 6.07) is 9.17. The second-order valence-electron chi connectivity index (χ2n) is 7.39. The molecule has 2 bridgehead atoms. The van der Waals surface area contributed by atoms with E-state index < -0.39 is 22.4 Å². The van der Waals surface area contributed by atoms with Gasteiger partial charge in [0.2, 0.25) is 5.60 Å². The minimum Gasteiger partial charge on any atom is -0.446 e. The maximum Gasteiger partial charge on any atom is 0.356 e. The van der Waals surface area contributed by atoms with Gasteiger partial charge in [0.05, 0.1) is 5.41 Å². The van der Waals surface area contributed by atoms with Crippen LogP contribution < -0.4 is 4.74 Å². The SMILES string of the molecule is CC1(C)[C@@]2(C)CC[C@@]1(C(=O)Oc1cccc3cccnc13)OC2=O. The first-order chi connectivity index (χ1) is 11.3. The van der Waals surface area contributed by atoms with Gasteiger partial charge in [-0.05, 0) is 31.9 Å². The van der Waals surface area contributed by atoms with Gasteiger partial charge in [0, 0.05) is 17.0 Å². The molecular weight excluding hydrogens is 306 g/mol. The zero-order valence-corrected chi connectivity index (χ0v) is 14.0. The lowest BCUT2D eigenvalue weighted by Gasteiger charge is -2.34. The van der Waals surface area contributed by atoms with E-state index in [1.165, 1.54) is 0 Å². The maximum atomic E-state index is 13.0. The Morgan fingerprint density at radius 3 is 2.58 bits per heavy atom. The van der Waals surface area contributed by atoms with Crippen LogP contribution in [0.4, 0.5) is 0 Å². The van der Waals surface area contributed by atoms with Gasteiger partial charge in [0.25, 0.3) is 0 Å². The molecule has 0 amide bonds. The number of benzene rings is 1. The molecular formula is C19H19NO4. The van der Waals surface area contributed by atoms with Crippen molar-refractivity contribution in [3.63, 3.8) is 0 Å². The molecule has 0 radical (unpaired) electrons. The van der Waals surface area contributed by atoms with Crippen LogP contribution >= 0.6 is 0 Å².